The summed E-state index contributed by atoms with van der Waals surface area (Å²) in [5, 5.41) is 2.07. The molecule has 6 rings (SSSR count). The van der Waals surface area contributed by atoms with E-state index in [1.54, 1.807) is 32.7 Å². The number of thiazole rings is 1. The summed E-state index contributed by atoms with van der Waals surface area (Å²) in [5.41, 5.74) is 5.44. The minimum absolute atomic E-state index is 0.0451. The molecule has 0 saturated heterocycles. The van der Waals surface area contributed by atoms with Crippen molar-refractivity contribution in [3.8, 4) is 17.2 Å². The molecule has 0 saturated carbocycles. The number of nitrogens with zero attached hydrogens (tertiary/aromatic N) is 2. The highest BCUT2D eigenvalue weighted by molar-refractivity contribution is 7.10. The average molecular weight is 517 g/mol. The molecule has 0 amide bonds. The molecule has 0 fully saturated rings. The van der Waals surface area contributed by atoms with Crippen LogP contribution < -0.4 is 29.1 Å². The number of fused-ring (bicyclic) bond motifs is 3. The number of hydrogen-bond donors (Lipinski definition) is 0. The van der Waals surface area contributed by atoms with Crippen molar-refractivity contribution in [2.75, 3.05) is 21.3 Å². The van der Waals surface area contributed by atoms with E-state index in [0.717, 1.165) is 29.0 Å². The molecule has 1 atom stereocenters. The highest BCUT2D eigenvalue weighted by Gasteiger charge is 2.33. The summed E-state index contributed by atoms with van der Waals surface area (Å²) in [6, 6.07) is 16.2. The van der Waals surface area contributed by atoms with Gasteiger partial charge < -0.3 is 14.2 Å². The lowest BCUT2D eigenvalue weighted by atomic mass is 9.85. The molecule has 2 aromatic heterocycles. The fourth-order valence-corrected chi connectivity index (χ4v) is 6.90. The van der Waals surface area contributed by atoms with Gasteiger partial charge in [-0.15, -0.1) is 11.3 Å². The number of aryl methyl sites for hydroxylation is 1. The fraction of sp³-hybridized carbons (Fsp3) is 0.214. The summed E-state index contributed by atoms with van der Waals surface area (Å²) in [7, 11) is 4.74. The van der Waals surface area contributed by atoms with Crippen LogP contribution >= 0.6 is 22.7 Å². The van der Waals surface area contributed by atoms with Crippen molar-refractivity contribution in [1.82, 2.24) is 4.57 Å². The van der Waals surface area contributed by atoms with Crippen LogP contribution in [0.4, 0.5) is 0 Å². The highest BCUT2D eigenvalue weighted by Crippen LogP contribution is 2.42. The zero-order chi connectivity index (χ0) is 24.8. The smallest absolute Gasteiger partial charge is 0.271 e. The Balaban J connectivity index is 1.58. The van der Waals surface area contributed by atoms with E-state index in [-0.39, 0.29) is 11.6 Å². The second kappa shape index (κ2) is 9.11. The van der Waals surface area contributed by atoms with Gasteiger partial charge in [0.25, 0.3) is 5.56 Å². The predicted octanol–water partition coefficient (Wildman–Crippen LogP) is 4.41. The Hall–Kier alpha value is -3.62. The van der Waals surface area contributed by atoms with E-state index in [4.69, 9.17) is 19.2 Å². The molecule has 0 unspecified atom stereocenters. The van der Waals surface area contributed by atoms with Crippen molar-refractivity contribution in [1.29, 1.82) is 0 Å². The van der Waals surface area contributed by atoms with Gasteiger partial charge in [-0.3, -0.25) is 9.36 Å². The van der Waals surface area contributed by atoms with Gasteiger partial charge in [0.15, 0.2) is 16.3 Å². The zero-order valence-electron chi connectivity index (χ0n) is 20.1. The van der Waals surface area contributed by atoms with Gasteiger partial charge in [0.1, 0.15) is 0 Å². The molecule has 3 heterocycles. The minimum Gasteiger partial charge on any atom is -0.493 e. The van der Waals surface area contributed by atoms with Gasteiger partial charge in [-0.25, -0.2) is 4.99 Å². The number of benzene rings is 2. The first-order chi connectivity index (χ1) is 17.6. The Kier molecular flexibility index (Phi) is 5.78. The van der Waals surface area contributed by atoms with Crippen LogP contribution in [0.25, 0.3) is 11.8 Å². The third-order valence-electron chi connectivity index (χ3n) is 6.67. The third-order valence-corrected chi connectivity index (χ3v) is 8.58. The van der Waals surface area contributed by atoms with Crippen LogP contribution in [0.3, 0.4) is 0 Å². The second-order valence-electron chi connectivity index (χ2n) is 8.59. The number of hydrogen-bond acceptors (Lipinski definition) is 7. The SMILES string of the molecule is COc1cc(/C=c2/sc3n(c2=O)[C@H](c2cccs2)C2=C(N=3)c3ccccc3CC2)cc(OC)c1OC. The predicted molar refractivity (Wildman–Crippen MR) is 143 cm³/mol. The molecule has 0 N–H and O–H groups in total. The summed E-state index contributed by atoms with van der Waals surface area (Å²) in [4.78, 5) is 20.8. The van der Waals surface area contributed by atoms with Crippen LogP contribution in [0.15, 0.2) is 69.3 Å². The van der Waals surface area contributed by atoms with Crippen molar-refractivity contribution in [2.45, 2.75) is 18.9 Å². The molecule has 4 aromatic rings. The lowest BCUT2D eigenvalue weighted by molar-refractivity contribution is 0.324. The maximum Gasteiger partial charge on any atom is 0.271 e. The van der Waals surface area contributed by atoms with E-state index in [0.29, 0.717) is 26.6 Å². The van der Waals surface area contributed by atoms with Gasteiger partial charge in [0, 0.05) is 10.4 Å². The van der Waals surface area contributed by atoms with Crippen LogP contribution in [0.2, 0.25) is 0 Å². The molecule has 8 heteroatoms. The second-order valence-corrected chi connectivity index (χ2v) is 10.6. The summed E-state index contributed by atoms with van der Waals surface area (Å²) in [6.07, 6.45) is 3.70. The highest BCUT2D eigenvalue weighted by atomic mass is 32.1. The molecule has 0 spiro atoms. The Labute approximate surface area is 216 Å². The molecule has 0 bridgehead atoms. The first-order valence-corrected chi connectivity index (χ1v) is 13.3. The number of thiophene rings is 1. The zero-order valence-corrected chi connectivity index (χ0v) is 21.7. The van der Waals surface area contributed by atoms with Crippen LogP contribution in [0.1, 0.15) is 34.0 Å². The maximum absolute atomic E-state index is 13.9. The Morgan fingerprint density at radius 3 is 2.47 bits per heavy atom. The molecule has 0 radical (unpaired) electrons. The lowest BCUT2D eigenvalue weighted by Gasteiger charge is -2.30. The molecular weight excluding hydrogens is 492 g/mol. The molecular formula is C28H24N2O4S2. The third kappa shape index (κ3) is 3.60. The van der Waals surface area contributed by atoms with E-state index in [2.05, 4.69) is 35.7 Å². The number of ether oxygens (including phenoxy) is 3. The molecule has 2 aliphatic rings. The summed E-state index contributed by atoms with van der Waals surface area (Å²) < 4.78 is 18.9. The summed E-state index contributed by atoms with van der Waals surface area (Å²) in [6.45, 7) is 0. The van der Waals surface area contributed by atoms with Crippen LogP contribution in [-0.2, 0) is 6.42 Å². The van der Waals surface area contributed by atoms with E-state index in [1.165, 1.54) is 28.0 Å². The van der Waals surface area contributed by atoms with Crippen molar-refractivity contribution in [3.05, 3.63) is 101 Å². The summed E-state index contributed by atoms with van der Waals surface area (Å²) >= 11 is 3.09. The monoisotopic (exact) mass is 516 g/mol. The number of rotatable bonds is 5. The van der Waals surface area contributed by atoms with Crippen molar-refractivity contribution in [2.24, 2.45) is 4.99 Å². The maximum atomic E-state index is 13.9. The normalized spacial score (nSPS) is 16.6. The molecule has 6 nitrogen and oxygen atoms in total. The molecule has 182 valence electrons. The largest absolute Gasteiger partial charge is 0.493 e. The van der Waals surface area contributed by atoms with Gasteiger partial charge in [0.2, 0.25) is 5.75 Å². The van der Waals surface area contributed by atoms with Crippen LogP contribution in [0.5, 0.6) is 17.2 Å². The van der Waals surface area contributed by atoms with E-state index in [1.807, 2.05) is 28.8 Å². The standard InChI is InChI=1S/C28H24N2O4S2/c1-32-20-13-16(14-21(33-2)26(20)34-3)15-23-27(31)30-25(22-9-6-12-35-22)19-11-10-17-7-4-5-8-18(17)24(19)29-28(30)36-23/h4-9,12-15,25H,10-11H2,1-3H3/b23-15+/t25-/m0/s1. The van der Waals surface area contributed by atoms with E-state index < -0.39 is 0 Å². The molecule has 1 aliphatic carbocycles. The number of allylic oxidation sites excluding steroid dienone is 1. The summed E-state index contributed by atoms with van der Waals surface area (Å²) in [5.74, 6) is 1.60. The Morgan fingerprint density at radius 1 is 1.00 bits per heavy atom. The van der Waals surface area contributed by atoms with Gasteiger partial charge >= 0.3 is 0 Å². The Morgan fingerprint density at radius 2 is 1.78 bits per heavy atom. The molecule has 1 aliphatic heterocycles. The van der Waals surface area contributed by atoms with Gasteiger partial charge in [-0.1, -0.05) is 41.7 Å². The Bertz CT molecular complexity index is 1650. The minimum atomic E-state index is -0.147. The van der Waals surface area contributed by atoms with Crippen molar-refractivity contribution < 1.29 is 14.2 Å². The number of methoxy groups -OCH3 is 3. The number of aromatic nitrogens is 1. The molecule has 2 aromatic carbocycles. The average Bonchev–Trinajstić information content (AvgIpc) is 3.55. The first-order valence-electron chi connectivity index (χ1n) is 11.6. The van der Waals surface area contributed by atoms with Gasteiger partial charge in [0.05, 0.1) is 37.6 Å². The van der Waals surface area contributed by atoms with E-state index in [9.17, 15) is 4.79 Å². The topological polar surface area (TPSA) is 62.1 Å². The quantitative estimate of drug-likeness (QED) is 0.394. The lowest BCUT2D eigenvalue weighted by Crippen LogP contribution is -2.38. The van der Waals surface area contributed by atoms with Gasteiger partial charge in [-0.05, 0) is 59.2 Å². The van der Waals surface area contributed by atoms with Gasteiger partial charge in [-0.2, -0.15) is 0 Å². The van der Waals surface area contributed by atoms with Crippen molar-refractivity contribution >= 4 is 34.4 Å². The molecule has 36 heavy (non-hydrogen) atoms. The van der Waals surface area contributed by atoms with Crippen molar-refractivity contribution in [3.63, 3.8) is 0 Å². The first kappa shape index (κ1) is 22.8. The van der Waals surface area contributed by atoms with Crippen LogP contribution in [-0.4, -0.2) is 25.9 Å². The van der Waals surface area contributed by atoms with E-state index >= 15 is 0 Å². The fourth-order valence-electron chi connectivity index (χ4n) is 5.05. The van der Waals surface area contributed by atoms with Crippen LogP contribution in [0, 0.1) is 0 Å².